The molecule has 2 fully saturated rings. The third-order valence-electron chi connectivity index (χ3n) is 9.01. The Hall–Kier alpha value is 0.257. The number of hydrogen-bond donors (Lipinski definition) is 0. The molecule has 7 heteroatoms. The van der Waals surface area contributed by atoms with Gasteiger partial charge in [-0.2, -0.15) is 0 Å². The summed E-state index contributed by atoms with van der Waals surface area (Å²) in [6, 6.07) is 1.30. The van der Waals surface area contributed by atoms with Crippen molar-refractivity contribution in [1.82, 2.24) is 9.34 Å². The van der Waals surface area contributed by atoms with Crippen molar-refractivity contribution in [3.8, 4) is 0 Å². The highest BCUT2D eigenvalue weighted by atomic mass is 32.4. The van der Waals surface area contributed by atoms with Gasteiger partial charge < -0.3 is 4.74 Å². The van der Waals surface area contributed by atoms with Gasteiger partial charge in [0, 0.05) is 28.9 Å². The summed E-state index contributed by atoms with van der Waals surface area (Å²) in [6.07, 6.45) is 2.05. The third kappa shape index (κ3) is 5.88. The van der Waals surface area contributed by atoms with E-state index in [0.29, 0.717) is 41.9 Å². The van der Waals surface area contributed by atoms with Gasteiger partial charge >= 0.3 is 5.97 Å². The van der Waals surface area contributed by atoms with E-state index < -0.39 is 14.4 Å². The molecule has 0 aromatic heterocycles. The molecule has 0 bridgehead atoms. The zero-order valence-corrected chi connectivity index (χ0v) is 28.8. The van der Waals surface area contributed by atoms with Crippen molar-refractivity contribution in [3.05, 3.63) is 0 Å². The topological polar surface area (TPSA) is 32.8 Å². The molecule has 0 N–H and O–H groups in total. The van der Waals surface area contributed by atoms with Crippen molar-refractivity contribution < 1.29 is 9.53 Å². The molecule has 0 radical (unpaired) electrons. The van der Waals surface area contributed by atoms with Crippen molar-refractivity contribution in [3.63, 3.8) is 0 Å². The molecule has 0 heterocycles. The van der Waals surface area contributed by atoms with Crippen LogP contribution in [0, 0.1) is 23.7 Å². The Morgan fingerprint density at radius 1 is 0.889 bits per heavy atom. The van der Waals surface area contributed by atoms with Gasteiger partial charge in [-0.05, 0) is 92.4 Å². The van der Waals surface area contributed by atoms with Crippen LogP contribution in [0.25, 0.3) is 0 Å². The average molecular weight is 559 g/mol. The second-order valence-electron chi connectivity index (χ2n) is 14.4. The van der Waals surface area contributed by atoms with Gasteiger partial charge in [-0.25, -0.2) is 0 Å². The Labute approximate surface area is 230 Å². The molecule has 2 saturated carbocycles. The summed E-state index contributed by atoms with van der Waals surface area (Å²) in [5.74, 6) is 1.62. The highest BCUT2D eigenvalue weighted by Crippen LogP contribution is 2.80. The first-order chi connectivity index (χ1) is 16.3. The standard InChI is InChI=1S/C29H59N2O2PSSi/c1-19(2)25-16-15-24(11)17-27(25)33-28(32)26-18-29(26,36(12,13)14)34(35,30(20(3)4)21(5)6)31(22(7)8)23(9)10/h19-27H,15-18H2,1-14H3/t24-,25+,26-,27-,29+/m1/s1. The van der Waals surface area contributed by atoms with Crippen molar-refractivity contribution in [2.24, 2.45) is 23.7 Å². The summed E-state index contributed by atoms with van der Waals surface area (Å²) in [6.45, 7) is 32.6. The fraction of sp³-hybridized carbons (Fsp3) is 0.966. The maximum absolute atomic E-state index is 14.1. The van der Waals surface area contributed by atoms with Crippen molar-refractivity contribution in [2.45, 2.75) is 157 Å². The van der Waals surface area contributed by atoms with Gasteiger partial charge in [0.1, 0.15) is 6.10 Å². The van der Waals surface area contributed by atoms with Crippen LogP contribution in [0.1, 0.15) is 102 Å². The summed E-state index contributed by atoms with van der Waals surface area (Å²) in [7, 11) is -1.90. The van der Waals surface area contributed by atoms with Crippen LogP contribution >= 0.6 is 6.34 Å². The van der Waals surface area contributed by atoms with Crippen molar-refractivity contribution >= 4 is 32.2 Å². The highest BCUT2D eigenvalue weighted by Gasteiger charge is 2.75. The van der Waals surface area contributed by atoms with Gasteiger partial charge in [-0.3, -0.25) is 14.1 Å². The van der Waals surface area contributed by atoms with E-state index in [1.807, 2.05) is 0 Å². The average Bonchev–Trinajstić information content (AvgIpc) is 3.44. The second-order valence-corrected chi connectivity index (χ2v) is 24.6. The van der Waals surface area contributed by atoms with E-state index in [1.54, 1.807) is 0 Å². The third-order valence-corrected chi connectivity index (χ3v) is 22.3. The lowest BCUT2D eigenvalue weighted by Gasteiger charge is -2.57. The summed E-state index contributed by atoms with van der Waals surface area (Å²) < 4.78 is 11.7. The monoisotopic (exact) mass is 558 g/mol. The maximum atomic E-state index is 14.1. The van der Waals surface area contributed by atoms with Gasteiger partial charge in [0.2, 0.25) is 0 Å². The molecule has 0 amide bonds. The van der Waals surface area contributed by atoms with Crippen LogP contribution in [0.2, 0.25) is 19.6 Å². The molecule has 5 atom stereocenters. The number of esters is 1. The van der Waals surface area contributed by atoms with Gasteiger partial charge in [0.15, 0.2) is 0 Å². The lowest BCUT2D eigenvalue weighted by atomic mass is 9.75. The van der Waals surface area contributed by atoms with Crippen molar-refractivity contribution in [2.75, 3.05) is 0 Å². The molecule has 0 aliphatic heterocycles. The Morgan fingerprint density at radius 2 is 1.33 bits per heavy atom. The Kier molecular flexibility index (Phi) is 10.6. The Balaban J connectivity index is 2.61. The minimum atomic E-state index is -2.33. The summed E-state index contributed by atoms with van der Waals surface area (Å²) in [4.78, 5) is 14.1. The molecule has 0 aromatic carbocycles. The number of ether oxygens (including phenoxy) is 1. The molecule has 2 aliphatic carbocycles. The molecule has 0 unspecified atom stereocenters. The van der Waals surface area contributed by atoms with E-state index in [1.165, 1.54) is 12.8 Å². The zero-order valence-electron chi connectivity index (χ0n) is 26.1. The number of carbonyl (C=O) groups is 1. The summed E-state index contributed by atoms with van der Waals surface area (Å²) in [5.41, 5.74) is 0. The number of rotatable bonds is 11. The van der Waals surface area contributed by atoms with Crippen molar-refractivity contribution in [1.29, 1.82) is 0 Å². The van der Waals surface area contributed by atoms with Crippen LogP contribution in [0.4, 0.5) is 0 Å². The van der Waals surface area contributed by atoms with E-state index in [-0.39, 0.29) is 22.8 Å². The maximum Gasteiger partial charge on any atom is 0.309 e. The highest BCUT2D eigenvalue weighted by molar-refractivity contribution is 8.14. The van der Waals surface area contributed by atoms with E-state index in [4.69, 9.17) is 16.5 Å². The number of carbonyl (C=O) groups excluding carboxylic acids is 1. The van der Waals surface area contributed by atoms with Crippen LogP contribution in [0.3, 0.4) is 0 Å². The SMILES string of the molecule is CC(C)[C@@H]1CC[C@@H](C)C[C@H]1OC(=O)[C@H]1C[C@@]1([Si](C)(C)C)P(=S)(N(C(C)C)C(C)C)N(C(C)C)C(C)C. The molecule has 0 saturated heterocycles. The number of hydrogen-bond acceptors (Lipinski definition) is 3. The Bertz CT molecular complexity index is 770. The van der Waals surface area contributed by atoms with Crippen LogP contribution in [-0.4, -0.2) is 58.4 Å². The molecule has 0 spiro atoms. The van der Waals surface area contributed by atoms with E-state index >= 15 is 0 Å². The van der Waals surface area contributed by atoms with E-state index in [2.05, 4.69) is 105 Å². The van der Waals surface area contributed by atoms with Crippen LogP contribution in [0.5, 0.6) is 0 Å². The zero-order chi connectivity index (χ0) is 28.0. The molecule has 4 nitrogen and oxygen atoms in total. The smallest absolute Gasteiger partial charge is 0.309 e. The predicted molar refractivity (Wildman–Crippen MR) is 164 cm³/mol. The first-order valence-corrected chi connectivity index (χ1v) is 20.9. The molecule has 36 heavy (non-hydrogen) atoms. The lowest BCUT2D eigenvalue weighted by Crippen LogP contribution is -2.56. The fourth-order valence-corrected chi connectivity index (χ4v) is 23.6. The van der Waals surface area contributed by atoms with Crippen LogP contribution < -0.4 is 0 Å². The molecule has 2 aliphatic rings. The Morgan fingerprint density at radius 3 is 1.69 bits per heavy atom. The lowest BCUT2D eigenvalue weighted by molar-refractivity contribution is -0.157. The normalized spacial score (nSPS) is 29.9. The van der Waals surface area contributed by atoms with Crippen LogP contribution in [0.15, 0.2) is 0 Å². The fourth-order valence-electron chi connectivity index (χ4n) is 7.58. The quantitative estimate of drug-likeness (QED) is 0.145. The van der Waals surface area contributed by atoms with E-state index in [0.717, 1.165) is 12.8 Å². The summed E-state index contributed by atoms with van der Waals surface area (Å²) in [5, 5.41) is 0. The van der Waals surface area contributed by atoms with Gasteiger partial charge in [-0.15, -0.1) is 0 Å². The second kappa shape index (κ2) is 11.8. The minimum Gasteiger partial charge on any atom is -0.462 e. The molecule has 212 valence electrons. The van der Waals surface area contributed by atoms with Crippen LogP contribution in [-0.2, 0) is 21.3 Å². The van der Waals surface area contributed by atoms with E-state index in [9.17, 15) is 4.79 Å². The molecular formula is C29H59N2O2PSSi. The molecule has 0 aromatic rings. The van der Waals surface area contributed by atoms with Gasteiger partial charge in [0.25, 0.3) is 0 Å². The minimum absolute atomic E-state index is 0.0522. The molecule has 2 rings (SSSR count). The molecular weight excluding hydrogens is 499 g/mol. The first-order valence-electron chi connectivity index (χ1n) is 14.7. The summed E-state index contributed by atoms with van der Waals surface area (Å²) >= 11 is 7.07. The largest absolute Gasteiger partial charge is 0.462 e. The van der Waals surface area contributed by atoms with Gasteiger partial charge in [0.05, 0.1) is 20.3 Å². The number of nitrogens with zero attached hydrogens (tertiary/aromatic N) is 2. The van der Waals surface area contributed by atoms with Gasteiger partial charge in [-0.1, -0.05) is 58.6 Å². The first kappa shape index (κ1) is 32.5. The predicted octanol–water partition coefficient (Wildman–Crippen LogP) is 8.17.